The molecule has 1 unspecified atom stereocenters. The first-order chi connectivity index (χ1) is 8.18. The normalized spacial score (nSPS) is 13.9. The van der Waals surface area contributed by atoms with Gasteiger partial charge in [0.2, 0.25) is 0 Å². The second-order valence-electron chi connectivity index (χ2n) is 3.97. The van der Waals surface area contributed by atoms with Crippen LogP contribution in [-0.4, -0.2) is 14.7 Å². The summed E-state index contributed by atoms with van der Waals surface area (Å²) < 4.78 is 1.78. The lowest BCUT2D eigenvalue weighted by molar-refractivity contribution is 0.0738. The molecule has 1 N–H and O–H groups in total. The molecular weight excluding hydrogens is 212 g/mol. The first kappa shape index (κ1) is 11.4. The maximum absolute atomic E-state index is 10.8. The highest BCUT2D eigenvalue weighted by Gasteiger charge is 2.34. The lowest BCUT2D eigenvalue weighted by Crippen LogP contribution is -2.30. The number of aliphatic hydroxyl groups is 1. The summed E-state index contributed by atoms with van der Waals surface area (Å²) in [6.07, 6.45) is 9.00. The maximum Gasteiger partial charge on any atom is 0.158 e. The van der Waals surface area contributed by atoms with Crippen molar-refractivity contribution in [3.05, 3.63) is 54.1 Å². The number of hydrogen-bond acceptors (Lipinski definition) is 2. The predicted octanol–water partition coefficient (Wildman–Crippen LogP) is 1.68. The van der Waals surface area contributed by atoms with E-state index in [1.807, 2.05) is 37.4 Å². The molecule has 0 aliphatic carbocycles. The minimum Gasteiger partial charge on any atom is -0.376 e. The third-order valence-corrected chi connectivity index (χ3v) is 2.80. The van der Waals surface area contributed by atoms with Crippen molar-refractivity contribution in [2.24, 2.45) is 7.05 Å². The van der Waals surface area contributed by atoms with Crippen molar-refractivity contribution < 1.29 is 5.11 Å². The van der Waals surface area contributed by atoms with Crippen molar-refractivity contribution in [3.63, 3.8) is 0 Å². The molecule has 2 aromatic rings. The number of aromatic nitrogens is 2. The fourth-order valence-corrected chi connectivity index (χ4v) is 1.94. The van der Waals surface area contributed by atoms with E-state index in [9.17, 15) is 5.11 Å². The summed E-state index contributed by atoms with van der Waals surface area (Å²) in [7, 11) is 1.84. The molecule has 0 bridgehead atoms. The van der Waals surface area contributed by atoms with Gasteiger partial charge in [0.15, 0.2) is 5.60 Å². The quantitative estimate of drug-likeness (QED) is 0.809. The molecular formula is C14H14N2O. The molecule has 0 aliphatic rings. The number of aryl methyl sites for hydroxylation is 1. The largest absolute Gasteiger partial charge is 0.376 e. The van der Waals surface area contributed by atoms with Crippen molar-refractivity contribution in [1.82, 2.24) is 9.55 Å². The van der Waals surface area contributed by atoms with Crippen LogP contribution in [-0.2, 0) is 12.6 Å². The summed E-state index contributed by atoms with van der Waals surface area (Å²) in [5, 5.41) is 10.8. The van der Waals surface area contributed by atoms with Gasteiger partial charge in [0.25, 0.3) is 0 Å². The second-order valence-corrected chi connectivity index (χ2v) is 3.97. The molecule has 1 aromatic carbocycles. The van der Waals surface area contributed by atoms with Crippen LogP contribution in [0.1, 0.15) is 17.8 Å². The highest BCUT2D eigenvalue weighted by molar-refractivity contribution is 5.31. The van der Waals surface area contributed by atoms with Gasteiger partial charge in [-0.25, -0.2) is 4.98 Å². The van der Waals surface area contributed by atoms with Crippen molar-refractivity contribution in [1.29, 1.82) is 0 Å². The number of imidazole rings is 1. The smallest absolute Gasteiger partial charge is 0.158 e. The summed E-state index contributed by atoms with van der Waals surface area (Å²) in [5.74, 6) is 3.08. The van der Waals surface area contributed by atoms with Gasteiger partial charge < -0.3 is 9.67 Å². The van der Waals surface area contributed by atoms with E-state index in [-0.39, 0.29) is 6.42 Å². The van der Waals surface area contributed by atoms with Gasteiger partial charge in [0.1, 0.15) is 5.82 Å². The van der Waals surface area contributed by atoms with E-state index in [4.69, 9.17) is 6.42 Å². The molecule has 0 saturated carbocycles. The lowest BCUT2D eigenvalue weighted by Gasteiger charge is -2.26. The zero-order valence-electron chi connectivity index (χ0n) is 9.67. The summed E-state index contributed by atoms with van der Waals surface area (Å²) in [4.78, 5) is 4.20. The van der Waals surface area contributed by atoms with Gasteiger partial charge in [0, 0.05) is 25.9 Å². The highest BCUT2D eigenvalue weighted by Crippen LogP contribution is 2.30. The van der Waals surface area contributed by atoms with Crippen LogP contribution in [0, 0.1) is 12.3 Å². The summed E-state index contributed by atoms with van der Waals surface area (Å²) in [6.45, 7) is 0. The van der Waals surface area contributed by atoms with Gasteiger partial charge in [0.05, 0.1) is 0 Å². The Kier molecular flexibility index (Phi) is 2.99. The molecule has 86 valence electrons. The van der Waals surface area contributed by atoms with E-state index in [1.165, 1.54) is 0 Å². The fourth-order valence-electron chi connectivity index (χ4n) is 1.94. The zero-order chi connectivity index (χ0) is 12.3. The molecule has 17 heavy (non-hydrogen) atoms. The molecule has 0 radical (unpaired) electrons. The van der Waals surface area contributed by atoms with E-state index in [2.05, 4.69) is 10.9 Å². The third kappa shape index (κ3) is 1.95. The number of nitrogens with zero attached hydrogens (tertiary/aromatic N) is 2. The van der Waals surface area contributed by atoms with Gasteiger partial charge in [-0.05, 0) is 5.56 Å². The molecule has 1 heterocycles. The topological polar surface area (TPSA) is 38.1 Å². The van der Waals surface area contributed by atoms with Crippen LogP contribution in [0.15, 0.2) is 42.7 Å². The van der Waals surface area contributed by atoms with Crippen molar-refractivity contribution >= 4 is 0 Å². The predicted molar refractivity (Wildman–Crippen MR) is 66.1 cm³/mol. The standard InChI is InChI=1S/C14H14N2O/c1-3-9-14(17,12-7-5-4-6-8-12)13-15-10-11-16(13)2/h1,4-8,10-11,17H,9H2,2H3. The summed E-state index contributed by atoms with van der Waals surface area (Å²) in [6, 6.07) is 9.36. The highest BCUT2D eigenvalue weighted by atomic mass is 16.3. The van der Waals surface area contributed by atoms with Crippen molar-refractivity contribution in [2.45, 2.75) is 12.0 Å². The minimum atomic E-state index is -1.23. The SMILES string of the molecule is C#CCC(O)(c1ccccc1)c1nccn1C. The number of rotatable bonds is 3. The molecule has 0 amide bonds. The third-order valence-electron chi connectivity index (χ3n) is 2.80. The Labute approximate surface area is 101 Å². The van der Waals surface area contributed by atoms with Crippen LogP contribution in [0.2, 0.25) is 0 Å². The molecule has 0 fully saturated rings. The number of benzene rings is 1. The zero-order valence-corrected chi connectivity index (χ0v) is 9.67. The van der Waals surface area contributed by atoms with E-state index in [1.54, 1.807) is 17.0 Å². The monoisotopic (exact) mass is 226 g/mol. The van der Waals surface area contributed by atoms with E-state index < -0.39 is 5.60 Å². The van der Waals surface area contributed by atoms with Gasteiger partial charge in [-0.15, -0.1) is 12.3 Å². The van der Waals surface area contributed by atoms with Gasteiger partial charge in [-0.2, -0.15) is 0 Å². The maximum atomic E-state index is 10.8. The van der Waals surface area contributed by atoms with Crippen molar-refractivity contribution in [2.75, 3.05) is 0 Å². The second kappa shape index (κ2) is 4.44. The lowest BCUT2D eigenvalue weighted by atomic mass is 9.90. The van der Waals surface area contributed by atoms with Crippen molar-refractivity contribution in [3.8, 4) is 12.3 Å². The molecule has 3 nitrogen and oxygen atoms in total. The average Bonchev–Trinajstić information content (AvgIpc) is 2.77. The number of hydrogen-bond donors (Lipinski definition) is 1. The van der Waals surface area contributed by atoms with Crippen LogP contribution < -0.4 is 0 Å². The molecule has 0 spiro atoms. The molecule has 1 atom stereocenters. The van der Waals surface area contributed by atoms with Gasteiger partial charge in [-0.1, -0.05) is 30.3 Å². The van der Waals surface area contributed by atoms with Gasteiger partial charge in [-0.3, -0.25) is 0 Å². The van der Waals surface area contributed by atoms with E-state index in [0.29, 0.717) is 5.82 Å². The van der Waals surface area contributed by atoms with Crippen LogP contribution in [0.5, 0.6) is 0 Å². The molecule has 0 aliphatic heterocycles. The van der Waals surface area contributed by atoms with Crippen LogP contribution in [0.4, 0.5) is 0 Å². The average molecular weight is 226 g/mol. The Hall–Kier alpha value is -2.05. The summed E-state index contributed by atoms with van der Waals surface area (Å²) >= 11 is 0. The Morgan fingerprint density at radius 1 is 1.41 bits per heavy atom. The van der Waals surface area contributed by atoms with Crippen LogP contribution >= 0.6 is 0 Å². The van der Waals surface area contributed by atoms with Gasteiger partial charge >= 0.3 is 0 Å². The van der Waals surface area contributed by atoms with E-state index in [0.717, 1.165) is 5.56 Å². The minimum absolute atomic E-state index is 0.196. The molecule has 0 saturated heterocycles. The molecule has 1 aromatic heterocycles. The number of terminal acetylenes is 1. The Morgan fingerprint density at radius 3 is 2.65 bits per heavy atom. The fraction of sp³-hybridized carbons (Fsp3) is 0.214. The first-order valence-corrected chi connectivity index (χ1v) is 5.37. The Bertz CT molecular complexity index is 539. The molecule has 3 heteroatoms. The Balaban J connectivity index is 2.55. The van der Waals surface area contributed by atoms with Crippen LogP contribution in [0.25, 0.3) is 0 Å². The molecule has 2 rings (SSSR count). The van der Waals surface area contributed by atoms with Crippen LogP contribution in [0.3, 0.4) is 0 Å². The van der Waals surface area contributed by atoms with E-state index >= 15 is 0 Å². The first-order valence-electron chi connectivity index (χ1n) is 5.37. The Morgan fingerprint density at radius 2 is 2.12 bits per heavy atom. The summed E-state index contributed by atoms with van der Waals surface area (Å²) in [5.41, 5.74) is -0.471.